The van der Waals surface area contributed by atoms with Crippen LogP contribution in [0.2, 0.25) is 0 Å². The largest absolute Gasteiger partial charge is 0.441 e. The van der Waals surface area contributed by atoms with Gasteiger partial charge in [0.2, 0.25) is 5.91 Å². The molecule has 0 aromatic carbocycles. The number of hydrogen-bond donors (Lipinski definition) is 2. The van der Waals surface area contributed by atoms with Crippen molar-refractivity contribution in [1.82, 2.24) is 5.32 Å². The van der Waals surface area contributed by atoms with Crippen molar-refractivity contribution in [2.45, 2.75) is 43.7 Å². The molecule has 0 aromatic heterocycles. The van der Waals surface area contributed by atoms with Crippen LogP contribution in [0.4, 0.5) is 13.2 Å². The van der Waals surface area contributed by atoms with E-state index in [1.165, 1.54) is 0 Å². The van der Waals surface area contributed by atoms with Gasteiger partial charge in [-0.05, 0) is 30.5 Å². The van der Waals surface area contributed by atoms with E-state index >= 15 is 0 Å². The molecule has 1 fully saturated rings. The first kappa shape index (κ1) is 18.9. The fourth-order valence-electron chi connectivity index (χ4n) is 2.16. The Bertz CT molecular complexity index is 279. The molecule has 1 aliphatic carbocycles. The SMILES string of the molecule is Cl.NC1CCCCC1CC(=O)NCCSC(F)(F)F. The van der Waals surface area contributed by atoms with Crippen LogP contribution in [0, 0.1) is 5.92 Å². The summed E-state index contributed by atoms with van der Waals surface area (Å²) in [5.41, 5.74) is 1.68. The molecule has 1 aliphatic rings. The number of carbonyl (C=O) groups excluding carboxylic acids is 1. The highest BCUT2D eigenvalue weighted by atomic mass is 35.5. The van der Waals surface area contributed by atoms with Crippen LogP contribution in [0.1, 0.15) is 32.1 Å². The van der Waals surface area contributed by atoms with E-state index in [-0.39, 0.29) is 54.3 Å². The number of amides is 1. The zero-order valence-corrected chi connectivity index (χ0v) is 12.2. The Morgan fingerprint density at radius 3 is 2.53 bits per heavy atom. The van der Waals surface area contributed by atoms with Gasteiger partial charge in [0.05, 0.1) is 0 Å². The molecule has 0 radical (unpaired) electrons. The number of nitrogens with two attached hydrogens (primary N) is 1. The van der Waals surface area contributed by atoms with Crippen molar-refractivity contribution in [2.75, 3.05) is 12.3 Å². The van der Waals surface area contributed by atoms with Crippen LogP contribution in [0.15, 0.2) is 0 Å². The predicted octanol–water partition coefficient (Wildman–Crippen LogP) is 2.69. The third kappa shape index (κ3) is 8.60. The number of alkyl halides is 3. The van der Waals surface area contributed by atoms with Crippen LogP contribution in [0.25, 0.3) is 0 Å². The van der Waals surface area contributed by atoms with Crippen LogP contribution >= 0.6 is 24.2 Å². The van der Waals surface area contributed by atoms with Gasteiger partial charge in [-0.3, -0.25) is 4.79 Å². The zero-order valence-electron chi connectivity index (χ0n) is 10.5. The average Bonchev–Trinajstić information content (AvgIpc) is 2.26. The molecule has 1 saturated carbocycles. The maximum atomic E-state index is 11.8. The number of carbonyl (C=O) groups is 1. The lowest BCUT2D eigenvalue weighted by atomic mass is 9.83. The second-order valence-corrected chi connectivity index (χ2v) is 5.72. The molecule has 2 atom stereocenters. The minimum Gasteiger partial charge on any atom is -0.355 e. The lowest BCUT2D eigenvalue weighted by Crippen LogP contribution is -2.37. The lowest BCUT2D eigenvalue weighted by Gasteiger charge is -2.27. The summed E-state index contributed by atoms with van der Waals surface area (Å²) in [5, 5.41) is 2.51. The Labute approximate surface area is 121 Å². The average molecular weight is 321 g/mol. The molecule has 0 aromatic rings. The van der Waals surface area contributed by atoms with Gasteiger partial charge in [-0.1, -0.05) is 12.8 Å². The summed E-state index contributed by atoms with van der Waals surface area (Å²) in [6, 6.07) is 0.0500. The summed E-state index contributed by atoms with van der Waals surface area (Å²) in [6.45, 7) is 0.0466. The van der Waals surface area contributed by atoms with E-state index in [1.807, 2.05) is 0 Å². The van der Waals surface area contributed by atoms with Crippen LogP contribution in [-0.2, 0) is 4.79 Å². The summed E-state index contributed by atoms with van der Waals surface area (Å²) in [5.74, 6) is -0.166. The molecule has 114 valence electrons. The first-order valence-electron chi connectivity index (χ1n) is 6.11. The van der Waals surface area contributed by atoms with Gasteiger partial charge >= 0.3 is 5.51 Å². The highest BCUT2D eigenvalue weighted by molar-refractivity contribution is 8.00. The van der Waals surface area contributed by atoms with Crippen LogP contribution < -0.4 is 11.1 Å². The Hall–Kier alpha value is -0.140. The minimum atomic E-state index is -4.23. The van der Waals surface area contributed by atoms with Crippen LogP contribution in [0.3, 0.4) is 0 Å². The molecule has 0 heterocycles. The van der Waals surface area contributed by atoms with Crippen molar-refractivity contribution in [1.29, 1.82) is 0 Å². The van der Waals surface area contributed by atoms with Crippen molar-refractivity contribution in [2.24, 2.45) is 11.7 Å². The molecular weight excluding hydrogens is 301 g/mol. The van der Waals surface area contributed by atoms with Gasteiger partial charge in [0, 0.05) is 24.8 Å². The van der Waals surface area contributed by atoms with Gasteiger partial charge in [-0.2, -0.15) is 13.2 Å². The predicted molar refractivity (Wildman–Crippen MR) is 73.3 cm³/mol. The first-order valence-corrected chi connectivity index (χ1v) is 7.10. The molecule has 0 aliphatic heterocycles. The van der Waals surface area contributed by atoms with E-state index in [0.29, 0.717) is 6.42 Å². The third-order valence-corrected chi connectivity index (χ3v) is 3.84. The number of nitrogens with one attached hydrogen (secondary N) is 1. The number of thioether (sulfide) groups is 1. The number of rotatable bonds is 5. The van der Waals surface area contributed by atoms with Crippen molar-refractivity contribution < 1.29 is 18.0 Å². The molecule has 3 N–H and O–H groups in total. The fourth-order valence-corrected chi connectivity index (χ4v) is 2.59. The Kier molecular flexibility index (Phi) is 8.85. The van der Waals surface area contributed by atoms with E-state index in [9.17, 15) is 18.0 Å². The molecule has 0 saturated heterocycles. The van der Waals surface area contributed by atoms with Crippen molar-refractivity contribution >= 4 is 30.1 Å². The van der Waals surface area contributed by atoms with Gasteiger partial charge < -0.3 is 11.1 Å². The number of hydrogen-bond acceptors (Lipinski definition) is 3. The molecule has 8 heteroatoms. The normalized spacial score (nSPS) is 23.6. The van der Waals surface area contributed by atoms with E-state index in [0.717, 1.165) is 25.7 Å². The maximum Gasteiger partial charge on any atom is 0.441 e. The topological polar surface area (TPSA) is 55.1 Å². The maximum absolute atomic E-state index is 11.8. The van der Waals surface area contributed by atoms with Gasteiger partial charge in [0.1, 0.15) is 0 Å². The van der Waals surface area contributed by atoms with Crippen molar-refractivity contribution in [3.05, 3.63) is 0 Å². The smallest absolute Gasteiger partial charge is 0.355 e. The van der Waals surface area contributed by atoms with Gasteiger partial charge in [-0.15, -0.1) is 12.4 Å². The second-order valence-electron chi connectivity index (χ2n) is 4.56. The zero-order chi connectivity index (χ0) is 13.6. The summed E-state index contributed by atoms with van der Waals surface area (Å²) in [6.07, 6.45) is 4.38. The fraction of sp³-hybridized carbons (Fsp3) is 0.909. The summed E-state index contributed by atoms with van der Waals surface area (Å²) in [7, 11) is 0. The molecule has 0 spiro atoms. The van der Waals surface area contributed by atoms with E-state index in [1.54, 1.807) is 0 Å². The summed E-state index contributed by atoms with van der Waals surface area (Å²) >= 11 is -0.117. The number of halogens is 4. The standard InChI is InChI=1S/C11H19F3N2OS.ClH/c12-11(13,14)18-6-5-16-10(17)7-8-3-1-2-4-9(8)15;/h8-9H,1-7,15H2,(H,16,17);1H. The molecule has 1 amide bonds. The highest BCUT2D eigenvalue weighted by Crippen LogP contribution is 2.29. The Morgan fingerprint density at radius 2 is 1.95 bits per heavy atom. The lowest BCUT2D eigenvalue weighted by molar-refractivity contribution is -0.122. The third-order valence-electron chi connectivity index (χ3n) is 3.11. The van der Waals surface area contributed by atoms with Crippen LogP contribution in [0.5, 0.6) is 0 Å². The van der Waals surface area contributed by atoms with Crippen molar-refractivity contribution in [3.8, 4) is 0 Å². The highest BCUT2D eigenvalue weighted by Gasteiger charge is 2.28. The van der Waals surface area contributed by atoms with Crippen LogP contribution in [-0.4, -0.2) is 29.8 Å². The monoisotopic (exact) mass is 320 g/mol. The van der Waals surface area contributed by atoms with Crippen molar-refractivity contribution in [3.63, 3.8) is 0 Å². The summed E-state index contributed by atoms with van der Waals surface area (Å²) < 4.78 is 35.5. The first-order chi connectivity index (χ1) is 8.38. The quantitative estimate of drug-likeness (QED) is 0.766. The van der Waals surface area contributed by atoms with E-state index < -0.39 is 5.51 Å². The molecule has 3 nitrogen and oxygen atoms in total. The van der Waals surface area contributed by atoms with E-state index in [2.05, 4.69) is 5.32 Å². The Morgan fingerprint density at radius 1 is 1.32 bits per heavy atom. The van der Waals surface area contributed by atoms with Gasteiger partial charge in [-0.25, -0.2) is 0 Å². The molecule has 2 unspecified atom stereocenters. The molecule has 19 heavy (non-hydrogen) atoms. The molecular formula is C11H20ClF3N2OS. The second kappa shape index (κ2) is 8.92. The minimum absolute atomic E-state index is 0. The Balaban J connectivity index is 0.00000324. The molecule has 0 bridgehead atoms. The molecule has 1 rings (SSSR count). The van der Waals surface area contributed by atoms with Gasteiger partial charge in [0.25, 0.3) is 0 Å². The van der Waals surface area contributed by atoms with Gasteiger partial charge in [0.15, 0.2) is 0 Å². The summed E-state index contributed by atoms with van der Waals surface area (Å²) in [4.78, 5) is 11.5. The van der Waals surface area contributed by atoms with E-state index in [4.69, 9.17) is 5.73 Å².